The second-order valence-electron chi connectivity index (χ2n) is 7.06. The van der Waals surface area contributed by atoms with Crippen LogP contribution in [0.3, 0.4) is 0 Å². The number of nitrogens with zero attached hydrogens (tertiary/aromatic N) is 3. The number of nitrogens with one attached hydrogen (secondary N) is 2. The highest BCUT2D eigenvalue weighted by molar-refractivity contribution is 5.48. The van der Waals surface area contributed by atoms with Gasteiger partial charge in [0.15, 0.2) is 0 Å². The van der Waals surface area contributed by atoms with E-state index in [2.05, 4.69) is 51.6 Å². The normalized spacial score (nSPS) is 23.7. The van der Waals surface area contributed by atoms with Gasteiger partial charge in [-0.25, -0.2) is 9.97 Å². The first kappa shape index (κ1) is 17.8. The van der Waals surface area contributed by atoms with Crippen LogP contribution in [-0.4, -0.2) is 25.7 Å². The summed E-state index contributed by atoms with van der Waals surface area (Å²) >= 11 is 0. The number of anilines is 2. The van der Waals surface area contributed by atoms with Crippen LogP contribution >= 0.6 is 0 Å². The summed E-state index contributed by atoms with van der Waals surface area (Å²) in [6.07, 6.45) is 20.5. The van der Waals surface area contributed by atoms with Crippen molar-refractivity contribution in [2.24, 2.45) is 5.41 Å². The third kappa shape index (κ3) is 5.00. The zero-order chi connectivity index (χ0) is 18.6. The van der Waals surface area contributed by atoms with Crippen LogP contribution < -0.4 is 10.6 Å². The fourth-order valence-corrected chi connectivity index (χ4v) is 2.37. The van der Waals surface area contributed by atoms with E-state index in [4.69, 9.17) is 0 Å². The molecule has 1 heterocycles. The molecule has 134 valence electrons. The van der Waals surface area contributed by atoms with E-state index < -0.39 is 5.60 Å². The first-order valence-corrected chi connectivity index (χ1v) is 8.44. The topological polar surface area (TPSA) is 83.0 Å². The molecule has 2 aliphatic carbocycles. The Morgan fingerprint density at radius 2 is 1.38 bits per heavy atom. The van der Waals surface area contributed by atoms with E-state index >= 15 is 0 Å². The van der Waals surface area contributed by atoms with Gasteiger partial charge in [-0.3, -0.25) is 0 Å². The summed E-state index contributed by atoms with van der Waals surface area (Å²) in [6.45, 7) is 5.99. The summed E-state index contributed by atoms with van der Waals surface area (Å²) < 4.78 is 0. The van der Waals surface area contributed by atoms with E-state index in [0.717, 1.165) is 11.4 Å². The van der Waals surface area contributed by atoms with E-state index in [1.807, 2.05) is 24.3 Å². The fourth-order valence-electron chi connectivity index (χ4n) is 2.37. The lowest BCUT2D eigenvalue weighted by Crippen LogP contribution is -2.15. The number of allylic oxidation sites excluding steroid dienone is 8. The van der Waals surface area contributed by atoms with Gasteiger partial charge >= 0.3 is 0 Å². The molecule has 0 saturated carbocycles. The van der Waals surface area contributed by atoms with E-state index in [9.17, 15) is 5.11 Å². The van der Waals surface area contributed by atoms with Crippen LogP contribution in [0.25, 0.3) is 0 Å². The van der Waals surface area contributed by atoms with Gasteiger partial charge in [0.25, 0.3) is 0 Å². The van der Waals surface area contributed by atoms with Gasteiger partial charge in [0.2, 0.25) is 11.9 Å². The van der Waals surface area contributed by atoms with Crippen LogP contribution in [0.1, 0.15) is 20.8 Å². The maximum absolute atomic E-state index is 10.0. The summed E-state index contributed by atoms with van der Waals surface area (Å²) in [6, 6.07) is 0. The molecule has 3 N–H and O–H groups in total. The highest BCUT2D eigenvalue weighted by Gasteiger charge is 2.13. The molecule has 6 nitrogen and oxygen atoms in total. The molecule has 0 spiro atoms. The molecule has 26 heavy (non-hydrogen) atoms. The minimum absolute atomic E-state index is 0.0127. The lowest BCUT2D eigenvalue weighted by Gasteiger charge is -2.12. The Morgan fingerprint density at radius 1 is 0.808 bits per heavy atom. The smallest absolute Gasteiger partial charge is 0.232 e. The minimum Gasteiger partial charge on any atom is -0.382 e. The fraction of sp³-hybridized carbons (Fsp3) is 0.250. The van der Waals surface area contributed by atoms with Crippen molar-refractivity contribution in [2.75, 3.05) is 10.6 Å². The first-order chi connectivity index (χ1) is 12.3. The van der Waals surface area contributed by atoms with Crippen LogP contribution in [0, 0.1) is 5.41 Å². The monoisotopic (exact) mass is 349 g/mol. The number of rotatable bonds is 4. The van der Waals surface area contributed by atoms with E-state index in [1.54, 1.807) is 31.2 Å². The van der Waals surface area contributed by atoms with Gasteiger partial charge in [0, 0.05) is 16.8 Å². The number of hydrogen-bond donors (Lipinski definition) is 3. The molecule has 1 aromatic rings. The summed E-state index contributed by atoms with van der Waals surface area (Å²) in [5, 5.41) is 16.3. The standard InChI is InChI=1S/C20H23N5O/c1-19(2)10-4-6-15(8-12-19)23-17-21-14-22-18(25-17)24-16-7-5-11-20(3,26)13-9-16/h4-14,26H,1-3H3,(H2,21,22,23,24,25). The quantitative estimate of drug-likeness (QED) is 0.772. The van der Waals surface area contributed by atoms with Gasteiger partial charge in [-0.05, 0) is 43.4 Å². The predicted molar refractivity (Wildman–Crippen MR) is 104 cm³/mol. The summed E-state index contributed by atoms with van der Waals surface area (Å²) in [7, 11) is 0. The Hall–Kier alpha value is -2.99. The Morgan fingerprint density at radius 3 is 2.04 bits per heavy atom. The van der Waals surface area contributed by atoms with Crippen LogP contribution in [0.15, 0.2) is 78.5 Å². The summed E-state index contributed by atoms with van der Waals surface area (Å²) in [5.74, 6) is 0.870. The molecule has 1 atom stereocenters. The van der Waals surface area contributed by atoms with E-state index in [-0.39, 0.29) is 5.41 Å². The zero-order valence-corrected chi connectivity index (χ0v) is 15.1. The van der Waals surface area contributed by atoms with Crippen molar-refractivity contribution < 1.29 is 5.11 Å². The largest absolute Gasteiger partial charge is 0.382 e. The summed E-state index contributed by atoms with van der Waals surface area (Å²) in [5.41, 5.74) is 0.718. The number of aromatic nitrogens is 3. The van der Waals surface area contributed by atoms with Gasteiger partial charge in [0.05, 0.1) is 5.60 Å². The molecule has 1 unspecified atom stereocenters. The molecule has 0 amide bonds. The third-order valence-electron chi connectivity index (χ3n) is 3.89. The van der Waals surface area contributed by atoms with Gasteiger partial charge < -0.3 is 15.7 Å². The summed E-state index contributed by atoms with van der Waals surface area (Å²) in [4.78, 5) is 12.7. The van der Waals surface area contributed by atoms with Crippen molar-refractivity contribution >= 4 is 11.9 Å². The highest BCUT2D eigenvalue weighted by Crippen LogP contribution is 2.23. The lowest BCUT2D eigenvalue weighted by atomic mass is 9.93. The second kappa shape index (κ2) is 7.09. The van der Waals surface area contributed by atoms with Crippen molar-refractivity contribution in [3.05, 3.63) is 78.5 Å². The van der Waals surface area contributed by atoms with Crippen molar-refractivity contribution in [3.8, 4) is 0 Å². The van der Waals surface area contributed by atoms with Crippen LogP contribution in [0.5, 0.6) is 0 Å². The van der Waals surface area contributed by atoms with Crippen LogP contribution in [-0.2, 0) is 0 Å². The van der Waals surface area contributed by atoms with E-state index in [0.29, 0.717) is 11.9 Å². The zero-order valence-electron chi connectivity index (χ0n) is 15.1. The molecule has 3 rings (SSSR count). The van der Waals surface area contributed by atoms with Gasteiger partial charge in [-0.2, -0.15) is 4.98 Å². The van der Waals surface area contributed by atoms with Crippen molar-refractivity contribution in [1.29, 1.82) is 0 Å². The third-order valence-corrected chi connectivity index (χ3v) is 3.89. The number of aliphatic hydroxyl groups is 1. The molecule has 6 heteroatoms. The first-order valence-electron chi connectivity index (χ1n) is 8.44. The molecular formula is C20H23N5O. The lowest BCUT2D eigenvalue weighted by molar-refractivity contribution is 0.164. The number of hydrogen-bond acceptors (Lipinski definition) is 6. The molecule has 0 aromatic carbocycles. The van der Waals surface area contributed by atoms with Crippen molar-refractivity contribution in [1.82, 2.24) is 15.0 Å². The van der Waals surface area contributed by atoms with Crippen LogP contribution in [0.4, 0.5) is 11.9 Å². The van der Waals surface area contributed by atoms with Crippen LogP contribution in [0.2, 0.25) is 0 Å². The molecule has 2 aliphatic rings. The average Bonchev–Trinajstić information content (AvgIpc) is 2.84. The SMILES string of the molecule is CC1(C)C=CC=C(Nc2ncnc(NC3=CC=CC(C)(O)C=C3)n2)C=C1. The maximum atomic E-state index is 10.0. The molecule has 0 radical (unpaired) electrons. The Bertz CT molecular complexity index is 789. The molecule has 1 aromatic heterocycles. The molecule has 0 aliphatic heterocycles. The van der Waals surface area contributed by atoms with Crippen molar-refractivity contribution in [2.45, 2.75) is 26.4 Å². The maximum Gasteiger partial charge on any atom is 0.232 e. The Kier molecular flexibility index (Phi) is 4.86. The van der Waals surface area contributed by atoms with Crippen molar-refractivity contribution in [3.63, 3.8) is 0 Å². The Balaban J connectivity index is 1.72. The van der Waals surface area contributed by atoms with Gasteiger partial charge in [0.1, 0.15) is 6.33 Å². The minimum atomic E-state index is -0.967. The van der Waals surface area contributed by atoms with Gasteiger partial charge in [-0.15, -0.1) is 0 Å². The Labute approximate surface area is 153 Å². The van der Waals surface area contributed by atoms with E-state index in [1.165, 1.54) is 6.33 Å². The molecule has 0 fully saturated rings. The molecule has 0 bridgehead atoms. The highest BCUT2D eigenvalue weighted by atomic mass is 16.3. The average molecular weight is 349 g/mol. The second-order valence-corrected chi connectivity index (χ2v) is 7.06. The molecular weight excluding hydrogens is 326 g/mol. The van der Waals surface area contributed by atoms with Gasteiger partial charge in [-0.1, -0.05) is 38.2 Å². The molecule has 0 saturated heterocycles. The predicted octanol–water partition coefficient (Wildman–Crippen LogP) is 3.49.